The molecule has 0 radical (unpaired) electrons. The zero-order valence-corrected chi connectivity index (χ0v) is 14.4. The minimum absolute atomic E-state index is 0.361. The van der Waals surface area contributed by atoms with Gasteiger partial charge in [0.05, 0.1) is 17.3 Å². The van der Waals surface area contributed by atoms with Crippen molar-refractivity contribution in [3.63, 3.8) is 0 Å². The van der Waals surface area contributed by atoms with E-state index in [0.29, 0.717) is 6.04 Å². The molecule has 1 atom stereocenters. The Morgan fingerprint density at radius 2 is 2.13 bits per heavy atom. The molecule has 1 aliphatic rings. The third-order valence-corrected chi connectivity index (χ3v) is 4.92. The number of aryl methyl sites for hydroxylation is 1. The van der Waals surface area contributed by atoms with E-state index in [0.717, 1.165) is 40.8 Å². The lowest BCUT2D eigenvalue weighted by Gasteiger charge is -2.20. The Morgan fingerprint density at radius 1 is 1.26 bits per heavy atom. The number of nitrogens with zero attached hydrogens (tertiary/aromatic N) is 5. The smallest absolute Gasteiger partial charge is 0.163 e. The Morgan fingerprint density at radius 3 is 3.00 bits per heavy atom. The molecule has 0 spiro atoms. The van der Waals surface area contributed by atoms with E-state index < -0.39 is 0 Å². The third kappa shape index (κ3) is 2.65. The average Bonchev–Trinajstić information content (AvgIpc) is 3.16. The maximum Gasteiger partial charge on any atom is 0.163 e. The van der Waals surface area contributed by atoms with Crippen molar-refractivity contribution in [2.24, 2.45) is 7.05 Å². The highest BCUT2D eigenvalue weighted by Crippen LogP contribution is 2.29. The lowest BCUT2D eigenvalue weighted by atomic mass is 10.2. The van der Waals surface area contributed by atoms with Gasteiger partial charge in [-0.1, -0.05) is 12.1 Å². The van der Waals surface area contributed by atoms with Gasteiger partial charge in [0.1, 0.15) is 12.1 Å². The summed E-state index contributed by atoms with van der Waals surface area (Å²) in [6.07, 6.45) is 4.48. The van der Waals surface area contributed by atoms with Crippen molar-refractivity contribution in [1.82, 2.24) is 19.7 Å². The van der Waals surface area contributed by atoms with Crippen LogP contribution in [0.1, 0.15) is 6.42 Å². The lowest BCUT2D eigenvalue weighted by Crippen LogP contribution is -2.26. The van der Waals surface area contributed by atoms with Crippen molar-refractivity contribution < 1.29 is 0 Å². The molecule has 0 bridgehead atoms. The summed E-state index contributed by atoms with van der Waals surface area (Å²) in [6, 6.07) is 8.71. The number of rotatable bonds is 3. The van der Waals surface area contributed by atoms with Crippen LogP contribution < -0.4 is 10.2 Å². The number of fused-ring (bicyclic) bond motifs is 1. The van der Waals surface area contributed by atoms with Gasteiger partial charge < -0.3 is 10.2 Å². The van der Waals surface area contributed by atoms with Gasteiger partial charge in [-0.25, -0.2) is 9.97 Å². The molecule has 2 aromatic heterocycles. The van der Waals surface area contributed by atoms with Crippen LogP contribution in [0.2, 0.25) is 0 Å². The molecule has 1 N–H and O–H groups in total. The van der Waals surface area contributed by atoms with Crippen LogP contribution in [-0.2, 0) is 7.05 Å². The van der Waals surface area contributed by atoms with Crippen LogP contribution >= 0.6 is 15.9 Å². The number of nitrogens with one attached hydrogen (secondary N) is 1. The number of aromatic nitrogens is 4. The first-order chi connectivity index (χ1) is 11.2. The number of benzene rings is 1. The molecular weight excluding hydrogens is 356 g/mol. The minimum Gasteiger partial charge on any atom is -0.368 e. The number of para-hydroxylation sites is 1. The van der Waals surface area contributed by atoms with Crippen molar-refractivity contribution in [1.29, 1.82) is 0 Å². The predicted molar refractivity (Wildman–Crippen MR) is 94.7 cm³/mol. The van der Waals surface area contributed by atoms with Gasteiger partial charge in [0.2, 0.25) is 0 Å². The molecule has 7 heteroatoms. The molecule has 1 fully saturated rings. The van der Waals surface area contributed by atoms with Gasteiger partial charge in [0.25, 0.3) is 0 Å². The van der Waals surface area contributed by atoms with E-state index in [9.17, 15) is 0 Å². The van der Waals surface area contributed by atoms with Crippen LogP contribution in [0.3, 0.4) is 0 Å². The van der Waals surface area contributed by atoms with Gasteiger partial charge in [-0.3, -0.25) is 4.68 Å². The molecule has 0 saturated carbocycles. The normalized spacial score (nSPS) is 17.8. The summed E-state index contributed by atoms with van der Waals surface area (Å²) in [4.78, 5) is 11.1. The first-order valence-electron chi connectivity index (χ1n) is 7.61. The molecule has 23 heavy (non-hydrogen) atoms. The second-order valence-corrected chi connectivity index (χ2v) is 6.61. The van der Waals surface area contributed by atoms with E-state index in [-0.39, 0.29) is 0 Å². The van der Waals surface area contributed by atoms with Crippen molar-refractivity contribution in [3.8, 4) is 0 Å². The highest BCUT2D eigenvalue weighted by molar-refractivity contribution is 9.10. The monoisotopic (exact) mass is 372 g/mol. The summed E-state index contributed by atoms with van der Waals surface area (Å²) in [7, 11) is 1.89. The minimum atomic E-state index is 0.361. The zero-order valence-electron chi connectivity index (χ0n) is 12.8. The standard InChI is InChI=1S/C16H17BrN6/c1-22-16-12(8-20-22)15(18-10-19-16)21-11-6-7-23(9-11)14-5-3-2-4-13(14)17/h2-5,8,10-11H,6-7,9H2,1H3,(H,18,19,21). The van der Waals surface area contributed by atoms with Gasteiger partial charge in [0, 0.05) is 30.7 Å². The second-order valence-electron chi connectivity index (χ2n) is 5.76. The van der Waals surface area contributed by atoms with Crippen LogP contribution in [0.4, 0.5) is 11.5 Å². The maximum absolute atomic E-state index is 4.40. The Kier molecular flexibility index (Phi) is 3.65. The van der Waals surface area contributed by atoms with Gasteiger partial charge in [-0.05, 0) is 34.5 Å². The second kappa shape index (κ2) is 5.81. The SMILES string of the molecule is Cn1ncc2c(NC3CCN(c4ccccc4Br)C3)ncnc21. The molecule has 118 valence electrons. The average molecular weight is 373 g/mol. The molecule has 0 aliphatic carbocycles. The molecule has 3 heterocycles. The number of hydrogen-bond donors (Lipinski definition) is 1. The van der Waals surface area contributed by atoms with Crippen LogP contribution in [0.15, 0.2) is 41.3 Å². The molecule has 1 unspecified atom stereocenters. The number of anilines is 2. The largest absolute Gasteiger partial charge is 0.368 e. The zero-order chi connectivity index (χ0) is 15.8. The van der Waals surface area contributed by atoms with E-state index >= 15 is 0 Å². The fourth-order valence-electron chi connectivity index (χ4n) is 3.08. The van der Waals surface area contributed by atoms with Gasteiger partial charge in [0.15, 0.2) is 5.65 Å². The highest BCUT2D eigenvalue weighted by atomic mass is 79.9. The fourth-order valence-corrected chi connectivity index (χ4v) is 3.61. The first kappa shape index (κ1) is 14.4. The van der Waals surface area contributed by atoms with E-state index in [1.54, 1.807) is 11.0 Å². The summed E-state index contributed by atoms with van der Waals surface area (Å²) < 4.78 is 2.90. The van der Waals surface area contributed by atoms with Crippen molar-refractivity contribution in [2.45, 2.75) is 12.5 Å². The first-order valence-corrected chi connectivity index (χ1v) is 8.40. The maximum atomic E-state index is 4.40. The van der Waals surface area contributed by atoms with E-state index in [2.05, 4.69) is 59.4 Å². The number of hydrogen-bond acceptors (Lipinski definition) is 5. The van der Waals surface area contributed by atoms with E-state index in [1.165, 1.54) is 5.69 Å². The Labute approximate surface area is 142 Å². The molecule has 3 aromatic rings. The van der Waals surface area contributed by atoms with Crippen LogP contribution in [0.5, 0.6) is 0 Å². The molecule has 1 aromatic carbocycles. The Hall–Kier alpha value is -2.15. The summed E-state index contributed by atoms with van der Waals surface area (Å²) in [5, 5.41) is 8.78. The van der Waals surface area contributed by atoms with Crippen LogP contribution in [-0.4, -0.2) is 38.9 Å². The van der Waals surface area contributed by atoms with Gasteiger partial charge in [-0.2, -0.15) is 5.10 Å². The predicted octanol–water partition coefficient (Wildman–Crippen LogP) is 2.82. The highest BCUT2D eigenvalue weighted by Gasteiger charge is 2.24. The number of halogens is 1. The van der Waals surface area contributed by atoms with Crippen LogP contribution in [0.25, 0.3) is 11.0 Å². The Balaban J connectivity index is 1.53. The van der Waals surface area contributed by atoms with Crippen molar-refractivity contribution in [3.05, 3.63) is 41.3 Å². The molecule has 1 aliphatic heterocycles. The summed E-state index contributed by atoms with van der Waals surface area (Å²) in [6.45, 7) is 1.98. The van der Waals surface area contributed by atoms with Crippen molar-refractivity contribution >= 4 is 38.5 Å². The fraction of sp³-hybridized carbons (Fsp3) is 0.312. The molecule has 4 rings (SSSR count). The quantitative estimate of drug-likeness (QED) is 0.765. The molecular formula is C16H17BrN6. The van der Waals surface area contributed by atoms with Gasteiger partial charge >= 0.3 is 0 Å². The summed E-state index contributed by atoms with van der Waals surface area (Å²) in [5.41, 5.74) is 2.09. The lowest BCUT2D eigenvalue weighted by molar-refractivity contribution is 0.784. The summed E-state index contributed by atoms with van der Waals surface area (Å²) >= 11 is 3.63. The van der Waals surface area contributed by atoms with Crippen LogP contribution in [0, 0.1) is 0 Å². The van der Waals surface area contributed by atoms with E-state index in [1.807, 2.05) is 19.3 Å². The van der Waals surface area contributed by atoms with E-state index in [4.69, 9.17) is 0 Å². The topological polar surface area (TPSA) is 58.9 Å². The Bertz CT molecular complexity index is 845. The molecule has 0 amide bonds. The third-order valence-electron chi connectivity index (χ3n) is 4.25. The molecule has 1 saturated heterocycles. The summed E-state index contributed by atoms with van der Waals surface area (Å²) in [5.74, 6) is 0.863. The molecule has 6 nitrogen and oxygen atoms in total. The van der Waals surface area contributed by atoms with Gasteiger partial charge in [-0.15, -0.1) is 0 Å². The van der Waals surface area contributed by atoms with Crippen molar-refractivity contribution in [2.75, 3.05) is 23.3 Å².